The quantitative estimate of drug-likeness (QED) is 0.775. The fourth-order valence-corrected chi connectivity index (χ4v) is 1.87. The zero-order valence-electron chi connectivity index (χ0n) is 9.29. The molecule has 3 nitrogen and oxygen atoms in total. The second-order valence-electron chi connectivity index (χ2n) is 4.01. The molecule has 1 aliphatic rings. The Balaban J connectivity index is 2.28. The van der Waals surface area contributed by atoms with Gasteiger partial charge in [-0.2, -0.15) is 0 Å². The highest BCUT2D eigenvalue weighted by Crippen LogP contribution is 2.32. The van der Waals surface area contributed by atoms with Gasteiger partial charge in [0.2, 0.25) is 0 Å². The molecule has 2 atom stereocenters. The molecule has 0 fully saturated rings. The normalized spacial score (nSPS) is 23.9. The summed E-state index contributed by atoms with van der Waals surface area (Å²) >= 11 is 0. The van der Waals surface area contributed by atoms with Crippen LogP contribution in [-0.2, 0) is 6.42 Å². The predicted octanol–water partition coefficient (Wildman–Crippen LogP) is 1.77. The minimum atomic E-state index is 0.0741. The van der Waals surface area contributed by atoms with Gasteiger partial charge in [-0.1, -0.05) is 13.0 Å². The van der Waals surface area contributed by atoms with E-state index in [0.717, 1.165) is 17.9 Å². The summed E-state index contributed by atoms with van der Waals surface area (Å²) in [6.07, 6.45) is 1.12. The highest BCUT2D eigenvalue weighted by atomic mass is 16.5. The van der Waals surface area contributed by atoms with Gasteiger partial charge in [-0.15, -0.1) is 0 Å². The third kappa shape index (κ3) is 1.92. The fourth-order valence-electron chi connectivity index (χ4n) is 1.87. The summed E-state index contributed by atoms with van der Waals surface area (Å²) < 4.78 is 5.81. The van der Waals surface area contributed by atoms with E-state index in [1.165, 1.54) is 5.56 Å². The largest absolute Gasteiger partial charge is 0.485 e. The Hall–Kier alpha value is -1.22. The van der Waals surface area contributed by atoms with Crippen LogP contribution in [0.1, 0.15) is 19.4 Å². The Morgan fingerprint density at radius 3 is 2.93 bits per heavy atom. The molecule has 15 heavy (non-hydrogen) atoms. The van der Waals surface area contributed by atoms with Crippen molar-refractivity contribution >= 4 is 5.69 Å². The first kappa shape index (κ1) is 10.3. The molecule has 1 aromatic carbocycles. The molecule has 1 aliphatic heterocycles. The Labute approximate surface area is 90.6 Å². The molecule has 3 heteroatoms. The second kappa shape index (κ2) is 4.11. The Morgan fingerprint density at radius 1 is 1.47 bits per heavy atom. The summed E-state index contributed by atoms with van der Waals surface area (Å²) in [4.78, 5) is 0. The summed E-state index contributed by atoms with van der Waals surface area (Å²) in [5, 5.41) is 3.43. The van der Waals surface area contributed by atoms with Crippen LogP contribution >= 0.6 is 0 Å². The molecule has 0 amide bonds. The van der Waals surface area contributed by atoms with Crippen LogP contribution in [-0.4, -0.2) is 18.7 Å². The summed E-state index contributed by atoms with van der Waals surface area (Å²) in [6.45, 7) is 4.79. The number of ether oxygens (including phenoxy) is 1. The predicted molar refractivity (Wildman–Crippen MR) is 62.4 cm³/mol. The van der Waals surface area contributed by atoms with Crippen molar-refractivity contribution in [1.29, 1.82) is 0 Å². The molecule has 0 spiro atoms. The first-order chi connectivity index (χ1) is 7.24. The molecule has 0 aliphatic carbocycles. The molecule has 1 aromatic rings. The highest BCUT2D eigenvalue weighted by Gasteiger charge is 2.24. The van der Waals surface area contributed by atoms with E-state index in [-0.39, 0.29) is 12.1 Å². The van der Waals surface area contributed by atoms with Crippen molar-refractivity contribution in [2.24, 2.45) is 5.73 Å². The molecule has 2 rings (SSSR count). The van der Waals surface area contributed by atoms with E-state index in [4.69, 9.17) is 10.5 Å². The van der Waals surface area contributed by atoms with Crippen molar-refractivity contribution in [3.05, 3.63) is 23.8 Å². The molecule has 0 bridgehead atoms. The standard InChI is InChI=1S/C12H18N2O/c1-3-9-4-5-11-10(6-9)14-8(2)12(7-13)15-11/h4-6,8,12,14H,3,7,13H2,1-2H3. The lowest BCUT2D eigenvalue weighted by molar-refractivity contribution is 0.182. The third-order valence-electron chi connectivity index (χ3n) is 2.90. The van der Waals surface area contributed by atoms with E-state index in [0.29, 0.717) is 6.54 Å². The molecular formula is C12H18N2O. The van der Waals surface area contributed by atoms with Crippen LogP contribution in [0.15, 0.2) is 18.2 Å². The van der Waals surface area contributed by atoms with Crippen molar-refractivity contribution in [3.8, 4) is 5.75 Å². The number of fused-ring (bicyclic) bond motifs is 1. The number of hydrogen-bond acceptors (Lipinski definition) is 3. The lowest BCUT2D eigenvalue weighted by Gasteiger charge is -2.32. The Kier molecular flexibility index (Phi) is 2.82. The van der Waals surface area contributed by atoms with Gasteiger partial charge in [0.15, 0.2) is 0 Å². The monoisotopic (exact) mass is 206 g/mol. The molecule has 0 saturated heterocycles. The maximum atomic E-state index is 5.81. The molecular weight excluding hydrogens is 188 g/mol. The summed E-state index contributed by atoms with van der Waals surface area (Å²) in [5.74, 6) is 0.917. The first-order valence-corrected chi connectivity index (χ1v) is 5.50. The van der Waals surface area contributed by atoms with Crippen LogP contribution in [0.4, 0.5) is 5.69 Å². The van der Waals surface area contributed by atoms with Gasteiger partial charge in [0, 0.05) is 6.54 Å². The number of anilines is 1. The van der Waals surface area contributed by atoms with Crippen molar-refractivity contribution in [3.63, 3.8) is 0 Å². The van der Waals surface area contributed by atoms with Crippen LogP contribution in [0.25, 0.3) is 0 Å². The zero-order valence-corrected chi connectivity index (χ0v) is 9.29. The minimum absolute atomic E-state index is 0.0741. The van der Waals surface area contributed by atoms with E-state index in [9.17, 15) is 0 Å². The van der Waals surface area contributed by atoms with Crippen LogP contribution in [0, 0.1) is 0 Å². The average Bonchev–Trinajstić information content (AvgIpc) is 2.27. The smallest absolute Gasteiger partial charge is 0.143 e. The molecule has 1 heterocycles. The molecule has 0 radical (unpaired) electrons. The topological polar surface area (TPSA) is 47.3 Å². The Morgan fingerprint density at radius 2 is 2.27 bits per heavy atom. The number of rotatable bonds is 2. The first-order valence-electron chi connectivity index (χ1n) is 5.50. The number of benzene rings is 1. The molecule has 2 unspecified atom stereocenters. The van der Waals surface area contributed by atoms with Gasteiger partial charge in [0.05, 0.1) is 11.7 Å². The zero-order chi connectivity index (χ0) is 10.8. The lowest BCUT2D eigenvalue weighted by Crippen LogP contribution is -2.44. The Bertz CT molecular complexity index is 351. The third-order valence-corrected chi connectivity index (χ3v) is 2.90. The van der Waals surface area contributed by atoms with E-state index in [1.54, 1.807) is 0 Å². The number of nitrogens with two attached hydrogens (primary N) is 1. The van der Waals surface area contributed by atoms with Gasteiger partial charge < -0.3 is 15.8 Å². The summed E-state index contributed by atoms with van der Waals surface area (Å²) in [6, 6.07) is 6.55. The number of nitrogens with one attached hydrogen (secondary N) is 1. The van der Waals surface area contributed by atoms with Crippen LogP contribution in [0.2, 0.25) is 0 Å². The van der Waals surface area contributed by atoms with Crippen molar-refractivity contribution < 1.29 is 4.74 Å². The molecule has 82 valence electrons. The maximum Gasteiger partial charge on any atom is 0.143 e. The van der Waals surface area contributed by atoms with Gasteiger partial charge in [-0.25, -0.2) is 0 Å². The maximum absolute atomic E-state index is 5.81. The SMILES string of the molecule is CCc1ccc2c(c1)NC(C)C(CN)O2. The highest BCUT2D eigenvalue weighted by molar-refractivity contribution is 5.60. The van der Waals surface area contributed by atoms with Gasteiger partial charge in [0.1, 0.15) is 11.9 Å². The van der Waals surface area contributed by atoms with E-state index in [2.05, 4.69) is 31.3 Å². The van der Waals surface area contributed by atoms with E-state index >= 15 is 0 Å². The number of aryl methyl sites for hydroxylation is 1. The van der Waals surface area contributed by atoms with Crippen LogP contribution in [0.3, 0.4) is 0 Å². The van der Waals surface area contributed by atoms with Crippen molar-refractivity contribution in [1.82, 2.24) is 0 Å². The molecule has 3 N–H and O–H groups in total. The van der Waals surface area contributed by atoms with E-state index in [1.807, 2.05) is 6.07 Å². The van der Waals surface area contributed by atoms with Gasteiger partial charge in [-0.05, 0) is 31.0 Å². The second-order valence-corrected chi connectivity index (χ2v) is 4.01. The lowest BCUT2D eigenvalue weighted by atomic mass is 10.1. The molecule has 0 saturated carbocycles. The van der Waals surface area contributed by atoms with Gasteiger partial charge in [0.25, 0.3) is 0 Å². The molecule has 0 aromatic heterocycles. The summed E-state index contributed by atoms with van der Waals surface area (Å²) in [5.41, 5.74) is 8.05. The van der Waals surface area contributed by atoms with Crippen LogP contribution < -0.4 is 15.8 Å². The van der Waals surface area contributed by atoms with E-state index < -0.39 is 0 Å². The average molecular weight is 206 g/mol. The minimum Gasteiger partial charge on any atom is -0.485 e. The van der Waals surface area contributed by atoms with Gasteiger partial charge in [-0.3, -0.25) is 0 Å². The summed E-state index contributed by atoms with van der Waals surface area (Å²) in [7, 11) is 0. The van der Waals surface area contributed by atoms with Crippen LogP contribution in [0.5, 0.6) is 5.75 Å². The fraction of sp³-hybridized carbons (Fsp3) is 0.500. The van der Waals surface area contributed by atoms with Crippen molar-refractivity contribution in [2.75, 3.05) is 11.9 Å². The van der Waals surface area contributed by atoms with Crippen molar-refractivity contribution in [2.45, 2.75) is 32.4 Å². The van der Waals surface area contributed by atoms with Gasteiger partial charge >= 0.3 is 0 Å². The number of hydrogen-bond donors (Lipinski definition) is 2.